The molecule has 1 aliphatic rings. The van der Waals surface area contributed by atoms with Crippen LogP contribution in [0, 0.1) is 5.92 Å². The SMILES string of the molecule is Clc1ccccc1C1CCNCC1Cc1ccccc1. The lowest BCUT2D eigenvalue weighted by molar-refractivity contribution is 0.324. The molecule has 104 valence electrons. The molecule has 1 fully saturated rings. The van der Waals surface area contributed by atoms with Crippen LogP contribution >= 0.6 is 11.6 Å². The van der Waals surface area contributed by atoms with Gasteiger partial charge in [0.25, 0.3) is 0 Å². The number of nitrogens with one attached hydrogen (secondary N) is 1. The minimum atomic E-state index is 0.560. The molecule has 3 rings (SSSR count). The van der Waals surface area contributed by atoms with Crippen LogP contribution in [0.1, 0.15) is 23.5 Å². The molecule has 2 unspecified atom stereocenters. The summed E-state index contributed by atoms with van der Waals surface area (Å²) < 4.78 is 0. The molecule has 1 saturated heterocycles. The van der Waals surface area contributed by atoms with Crippen molar-refractivity contribution in [1.29, 1.82) is 0 Å². The van der Waals surface area contributed by atoms with Gasteiger partial charge in [-0.2, -0.15) is 0 Å². The Morgan fingerprint density at radius 1 is 1.00 bits per heavy atom. The van der Waals surface area contributed by atoms with E-state index in [0.29, 0.717) is 11.8 Å². The van der Waals surface area contributed by atoms with E-state index in [1.165, 1.54) is 17.5 Å². The minimum absolute atomic E-state index is 0.560. The van der Waals surface area contributed by atoms with E-state index >= 15 is 0 Å². The van der Waals surface area contributed by atoms with E-state index in [9.17, 15) is 0 Å². The summed E-state index contributed by atoms with van der Waals surface area (Å²) in [7, 11) is 0. The molecular formula is C18H20ClN. The molecule has 1 nitrogen and oxygen atoms in total. The van der Waals surface area contributed by atoms with Crippen molar-refractivity contribution in [2.75, 3.05) is 13.1 Å². The van der Waals surface area contributed by atoms with E-state index in [4.69, 9.17) is 11.6 Å². The van der Waals surface area contributed by atoms with Crippen LogP contribution in [-0.2, 0) is 6.42 Å². The van der Waals surface area contributed by atoms with Gasteiger partial charge in [0.1, 0.15) is 0 Å². The third-order valence-corrected chi connectivity index (χ3v) is 4.60. The smallest absolute Gasteiger partial charge is 0.0440 e. The Kier molecular flexibility index (Phi) is 4.39. The molecule has 2 atom stereocenters. The number of benzene rings is 2. The van der Waals surface area contributed by atoms with Gasteiger partial charge in [-0.05, 0) is 55.0 Å². The van der Waals surface area contributed by atoms with Crippen LogP contribution in [0.15, 0.2) is 54.6 Å². The van der Waals surface area contributed by atoms with Crippen molar-refractivity contribution in [2.45, 2.75) is 18.8 Å². The summed E-state index contributed by atoms with van der Waals surface area (Å²) >= 11 is 6.41. The third kappa shape index (κ3) is 3.05. The molecule has 1 N–H and O–H groups in total. The van der Waals surface area contributed by atoms with Gasteiger partial charge in [-0.25, -0.2) is 0 Å². The van der Waals surface area contributed by atoms with Crippen molar-refractivity contribution in [3.05, 3.63) is 70.7 Å². The maximum atomic E-state index is 6.41. The third-order valence-electron chi connectivity index (χ3n) is 4.25. The molecule has 0 aromatic heterocycles. The van der Waals surface area contributed by atoms with E-state index in [0.717, 1.165) is 24.5 Å². The zero-order valence-corrected chi connectivity index (χ0v) is 12.3. The minimum Gasteiger partial charge on any atom is -0.316 e. The highest BCUT2D eigenvalue weighted by molar-refractivity contribution is 6.31. The summed E-state index contributed by atoms with van der Waals surface area (Å²) in [5.74, 6) is 1.18. The summed E-state index contributed by atoms with van der Waals surface area (Å²) in [5.41, 5.74) is 2.73. The van der Waals surface area contributed by atoms with Crippen molar-refractivity contribution in [1.82, 2.24) is 5.32 Å². The first-order valence-electron chi connectivity index (χ1n) is 7.33. The topological polar surface area (TPSA) is 12.0 Å². The molecule has 0 spiro atoms. The van der Waals surface area contributed by atoms with Gasteiger partial charge in [-0.1, -0.05) is 60.1 Å². The number of halogens is 1. The Hall–Kier alpha value is -1.31. The van der Waals surface area contributed by atoms with Crippen LogP contribution in [0.2, 0.25) is 5.02 Å². The predicted octanol–water partition coefficient (Wildman–Crippen LogP) is 4.28. The van der Waals surface area contributed by atoms with E-state index in [1.807, 2.05) is 12.1 Å². The van der Waals surface area contributed by atoms with Crippen LogP contribution < -0.4 is 5.32 Å². The summed E-state index contributed by atoms with van der Waals surface area (Å²) in [6, 6.07) is 19.1. The van der Waals surface area contributed by atoms with Crippen LogP contribution in [0.25, 0.3) is 0 Å². The molecule has 2 heteroatoms. The van der Waals surface area contributed by atoms with Gasteiger partial charge in [0.2, 0.25) is 0 Å². The Balaban J connectivity index is 1.83. The lowest BCUT2D eigenvalue weighted by Gasteiger charge is -2.33. The van der Waals surface area contributed by atoms with Gasteiger partial charge in [0.05, 0.1) is 0 Å². The van der Waals surface area contributed by atoms with Gasteiger partial charge in [-0.3, -0.25) is 0 Å². The molecule has 0 amide bonds. The predicted molar refractivity (Wildman–Crippen MR) is 85.3 cm³/mol. The highest BCUT2D eigenvalue weighted by atomic mass is 35.5. The first-order chi connectivity index (χ1) is 9.84. The van der Waals surface area contributed by atoms with E-state index < -0.39 is 0 Å². The number of hydrogen-bond donors (Lipinski definition) is 1. The van der Waals surface area contributed by atoms with Crippen molar-refractivity contribution in [3.63, 3.8) is 0 Å². The van der Waals surface area contributed by atoms with Crippen molar-refractivity contribution in [3.8, 4) is 0 Å². The Morgan fingerprint density at radius 2 is 1.75 bits per heavy atom. The second kappa shape index (κ2) is 6.43. The first-order valence-corrected chi connectivity index (χ1v) is 7.71. The summed E-state index contributed by atoms with van der Waals surface area (Å²) in [5, 5.41) is 4.45. The molecule has 2 aromatic carbocycles. The van der Waals surface area contributed by atoms with Gasteiger partial charge in [-0.15, -0.1) is 0 Å². The van der Waals surface area contributed by atoms with Gasteiger partial charge >= 0.3 is 0 Å². The van der Waals surface area contributed by atoms with Crippen LogP contribution in [0.5, 0.6) is 0 Å². The van der Waals surface area contributed by atoms with Gasteiger partial charge in [0.15, 0.2) is 0 Å². The van der Waals surface area contributed by atoms with E-state index in [2.05, 4.69) is 47.8 Å². The molecule has 0 bridgehead atoms. The molecule has 1 aliphatic heterocycles. The van der Waals surface area contributed by atoms with Crippen LogP contribution in [0.3, 0.4) is 0 Å². The highest BCUT2D eigenvalue weighted by Gasteiger charge is 2.27. The van der Waals surface area contributed by atoms with Gasteiger partial charge in [0, 0.05) is 5.02 Å². The average molecular weight is 286 g/mol. The summed E-state index contributed by atoms with van der Waals surface area (Å²) in [6.07, 6.45) is 2.28. The highest BCUT2D eigenvalue weighted by Crippen LogP contribution is 2.36. The lowest BCUT2D eigenvalue weighted by Crippen LogP contribution is -2.36. The van der Waals surface area contributed by atoms with Crippen LogP contribution in [0.4, 0.5) is 0 Å². The standard InChI is InChI=1S/C18H20ClN/c19-18-9-5-4-8-17(18)16-10-11-20-13-15(16)12-14-6-2-1-3-7-14/h1-9,15-16,20H,10-13H2. The fraction of sp³-hybridized carbons (Fsp3) is 0.333. The fourth-order valence-corrected chi connectivity index (χ4v) is 3.52. The normalized spacial score (nSPS) is 22.6. The molecular weight excluding hydrogens is 266 g/mol. The summed E-state index contributed by atoms with van der Waals surface area (Å²) in [6.45, 7) is 2.16. The lowest BCUT2D eigenvalue weighted by atomic mass is 9.78. The zero-order chi connectivity index (χ0) is 13.8. The first kappa shape index (κ1) is 13.7. The Morgan fingerprint density at radius 3 is 2.55 bits per heavy atom. The van der Waals surface area contributed by atoms with E-state index in [1.54, 1.807) is 0 Å². The molecule has 0 saturated carbocycles. The Labute approximate surface area is 126 Å². The maximum Gasteiger partial charge on any atom is 0.0440 e. The maximum absolute atomic E-state index is 6.41. The molecule has 20 heavy (non-hydrogen) atoms. The zero-order valence-electron chi connectivity index (χ0n) is 11.6. The number of rotatable bonds is 3. The molecule has 0 aliphatic carbocycles. The molecule has 1 heterocycles. The second-order valence-electron chi connectivity index (χ2n) is 5.57. The average Bonchev–Trinajstić information content (AvgIpc) is 2.50. The van der Waals surface area contributed by atoms with Crippen molar-refractivity contribution in [2.24, 2.45) is 5.92 Å². The quantitative estimate of drug-likeness (QED) is 0.888. The van der Waals surface area contributed by atoms with Crippen molar-refractivity contribution >= 4 is 11.6 Å². The second-order valence-corrected chi connectivity index (χ2v) is 5.98. The molecule has 0 radical (unpaired) electrons. The van der Waals surface area contributed by atoms with Crippen molar-refractivity contribution < 1.29 is 0 Å². The van der Waals surface area contributed by atoms with E-state index in [-0.39, 0.29) is 0 Å². The number of piperidine rings is 1. The summed E-state index contributed by atoms with van der Waals surface area (Å²) in [4.78, 5) is 0. The van der Waals surface area contributed by atoms with Crippen LogP contribution in [-0.4, -0.2) is 13.1 Å². The Bertz CT molecular complexity index is 552. The number of hydrogen-bond acceptors (Lipinski definition) is 1. The largest absolute Gasteiger partial charge is 0.316 e. The fourth-order valence-electron chi connectivity index (χ4n) is 3.24. The molecule has 2 aromatic rings. The van der Waals surface area contributed by atoms with Gasteiger partial charge < -0.3 is 5.32 Å². The monoisotopic (exact) mass is 285 g/mol.